The predicted octanol–water partition coefficient (Wildman–Crippen LogP) is 0.669. The maximum absolute atomic E-state index is 10.5. The number of aliphatic hydroxyl groups is 1. The fourth-order valence-electron chi connectivity index (χ4n) is 3.71. The van der Waals surface area contributed by atoms with Gasteiger partial charge in [0.25, 0.3) is 4.90 Å². The summed E-state index contributed by atoms with van der Waals surface area (Å²) in [5.41, 5.74) is 0.979. The highest BCUT2D eigenvalue weighted by atomic mass is 32.2. The van der Waals surface area contributed by atoms with E-state index in [-0.39, 0.29) is 6.10 Å². The third-order valence-corrected chi connectivity index (χ3v) is 6.54. The number of fused-ring (bicyclic) bond motifs is 1. The van der Waals surface area contributed by atoms with Crippen molar-refractivity contribution < 1.29 is 14.4 Å². The molecule has 8 heteroatoms. The lowest BCUT2D eigenvalue weighted by Crippen LogP contribution is -2.52. The molecule has 0 saturated carbocycles. The second kappa shape index (κ2) is 6.67. The van der Waals surface area contributed by atoms with Crippen LogP contribution in [0.2, 0.25) is 0 Å². The molecule has 24 heavy (non-hydrogen) atoms. The van der Waals surface area contributed by atoms with Crippen LogP contribution >= 0.6 is 0 Å². The van der Waals surface area contributed by atoms with Crippen molar-refractivity contribution in [3.63, 3.8) is 0 Å². The lowest BCUT2D eigenvalue weighted by atomic mass is 10.1. The zero-order valence-corrected chi connectivity index (χ0v) is 14.8. The van der Waals surface area contributed by atoms with Crippen LogP contribution in [0.1, 0.15) is 25.5 Å². The van der Waals surface area contributed by atoms with E-state index in [1.807, 2.05) is 4.90 Å². The normalized spacial score (nSPS) is 24.8. The first-order valence-electron chi connectivity index (χ1n) is 8.75. The number of anilines is 2. The van der Waals surface area contributed by atoms with E-state index in [0.717, 1.165) is 61.2 Å². The number of aryl methyl sites for hydroxylation is 1. The molecule has 0 amide bonds. The van der Waals surface area contributed by atoms with E-state index in [0.29, 0.717) is 25.1 Å². The SMILES string of the molecule is CCN(c1nc(N2CC(O)C2)nc2c1[S+](O)CC2)C1CCOCC1. The molecule has 132 valence electrons. The first kappa shape index (κ1) is 16.4. The van der Waals surface area contributed by atoms with E-state index in [2.05, 4.69) is 16.8 Å². The Labute approximate surface area is 145 Å². The molecule has 1 unspecified atom stereocenters. The molecular formula is C16H25N4O3S+. The second-order valence-electron chi connectivity index (χ2n) is 6.63. The van der Waals surface area contributed by atoms with Crippen molar-refractivity contribution in [2.75, 3.05) is 48.4 Å². The number of rotatable bonds is 4. The average Bonchev–Trinajstić information content (AvgIpc) is 2.95. The van der Waals surface area contributed by atoms with Crippen LogP contribution in [-0.2, 0) is 22.3 Å². The summed E-state index contributed by atoms with van der Waals surface area (Å²) in [5.74, 6) is 2.33. The molecule has 0 radical (unpaired) electrons. The van der Waals surface area contributed by atoms with Gasteiger partial charge in [0.05, 0.1) is 6.10 Å². The van der Waals surface area contributed by atoms with Crippen LogP contribution < -0.4 is 9.80 Å². The van der Waals surface area contributed by atoms with E-state index in [1.165, 1.54) is 0 Å². The highest BCUT2D eigenvalue weighted by Gasteiger charge is 2.41. The summed E-state index contributed by atoms with van der Waals surface area (Å²) in [4.78, 5) is 14.8. The van der Waals surface area contributed by atoms with Gasteiger partial charge in [0.2, 0.25) is 5.95 Å². The molecule has 7 nitrogen and oxygen atoms in total. The summed E-state index contributed by atoms with van der Waals surface area (Å²) in [5, 5.41) is 9.58. The molecule has 2 saturated heterocycles. The molecule has 0 spiro atoms. The Morgan fingerprint density at radius 1 is 1.29 bits per heavy atom. The van der Waals surface area contributed by atoms with Crippen LogP contribution in [-0.4, -0.2) is 70.4 Å². The molecule has 3 aliphatic rings. The maximum Gasteiger partial charge on any atom is 0.253 e. The summed E-state index contributed by atoms with van der Waals surface area (Å²) in [6.07, 6.45) is 2.50. The summed E-state index contributed by atoms with van der Waals surface area (Å²) in [7, 11) is 0. The van der Waals surface area contributed by atoms with Crippen molar-refractivity contribution in [1.29, 1.82) is 0 Å². The Bertz CT molecular complexity index is 605. The quantitative estimate of drug-likeness (QED) is 0.770. The van der Waals surface area contributed by atoms with Gasteiger partial charge in [0, 0.05) is 45.3 Å². The van der Waals surface area contributed by atoms with Gasteiger partial charge in [-0.05, 0) is 19.8 Å². The Balaban J connectivity index is 1.71. The largest absolute Gasteiger partial charge is 0.389 e. The van der Waals surface area contributed by atoms with Crippen LogP contribution in [0.3, 0.4) is 0 Å². The monoisotopic (exact) mass is 353 g/mol. The Kier molecular flexibility index (Phi) is 4.55. The summed E-state index contributed by atoms with van der Waals surface area (Å²) < 4.78 is 16.0. The van der Waals surface area contributed by atoms with Crippen molar-refractivity contribution in [2.24, 2.45) is 0 Å². The molecule has 2 N–H and O–H groups in total. The van der Waals surface area contributed by atoms with Gasteiger partial charge in [-0.25, -0.2) is 4.98 Å². The molecular weight excluding hydrogens is 328 g/mol. The lowest BCUT2D eigenvalue weighted by Gasteiger charge is -2.38. The number of ether oxygens (including phenoxy) is 1. The second-order valence-corrected chi connectivity index (χ2v) is 8.18. The smallest absolute Gasteiger partial charge is 0.253 e. The average molecular weight is 353 g/mol. The number of aromatic nitrogens is 2. The highest BCUT2D eigenvalue weighted by molar-refractivity contribution is 7.92. The minimum atomic E-state index is -0.764. The van der Waals surface area contributed by atoms with Crippen LogP contribution in [0.5, 0.6) is 0 Å². The Morgan fingerprint density at radius 3 is 2.71 bits per heavy atom. The number of nitrogens with zero attached hydrogens (tertiary/aromatic N) is 4. The fraction of sp³-hybridized carbons (Fsp3) is 0.750. The molecule has 0 aliphatic carbocycles. The van der Waals surface area contributed by atoms with Gasteiger partial charge in [-0.15, -0.1) is 0 Å². The van der Waals surface area contributed by atoms with E-state index in [4.69, 9.17) is 9.72 Å². The van der Waals surface area contributed by atoms with Crippen molar-refractivity contribution >= 4 is 22.9 Å². The first-order chi connectivity index (χ1) is 11.7. The van der Waals surface area contributed by atoms with Gasteiger partial charge in [-0.1, -0.05) is 0 Å². The molecule has 2 fully saturated rings. The van der Waals surface area contributed by atoms with Gasteiger partial charge in [-0.3, -0.25) is 0 Å². The Morgan fingerprint density at radius 2 is 2.04 bits per heavy atom. The minimum Gasteiger partial charge on any atom is -0.389 e. The van der Waals surface area contributed by atoms with Crippen LogP contribution in [0.4, 0.5) is 11.8 Å². The molecule has 1 aromatic heterocycles. The number of aliphatic hydroxyl groups excluding tert-OH is 1. The van der Waals surface area contributed by atoms with Gasteiger partial charge in [0.15, 0.2) is 22.7 Å². The van der Waals surface area contributed by atoms with Gasteiger partial charge < -0.3 is 19.6 Å². The zero-order chi connectivity index (χ0) is 16.7. The van der Waals surface area contributed by atoms with Crippen molar-refractivity contribution in [3.05, 3.63) is 5.69 Å². The standard InChI is InChI=1S/C16H25N4O3S/c1-2-20(11-3-6-23-7-4-11)15-14-13(5-8-24(14)22)17-16(18-15)19-9-12(21)10-19/h11-12,21-22H,2-10H2,1H3/q+1. The van der Waals surface area contributed by atoms with Crippen LogP contribution in [0.15, 0.2) is 4.90 Å². The molecule has 0 aromatic carbocycles. The molecule has 1 aromatic rings. The number of hydrogen-bond donors (Lipinski definition) is 2. The fourth-order valence-corrected chi connectivity index (χ4v) is 5.09. The third-order valence-electron chi connectivity index (χ3n) is 5.06. The van der Waals surface area contributed by atoms with E-state index in [1.54, 1.807) is 0 Å². The molecule has 4 heterocycles. The highest BCUT2D eigenvalue weighted by Crippen LogP contribution is 2.36. The summed E-state index contributed by atoms with van der Waals surface area (Å²) >= 11 is -0.764. The first-order valence-corrected chi connectivity index (χ1v) is 10.1. The van der Waals surface area contributed by atoms with E-state index >= 15 is 0 Å². The predicted molar refractivity (Wildman–Crippen MR) is 93.9 cm³/mol. The molecule has 3 aliphatic heterocycles. The van der Waals surface area contributed by atoms with Crippen LogP contribution in [0, 0.1) is 0 Å². The van der Waals surface area contributed by atoms with Crippen molar-refractivity contribution in [1.82, 2.24) is 9.97 Å². The van der Waals surface area contributed by atoms with Gasteiger partial charge in [0.1, 0.15) is 5.69 Å². The van der Waals surface area contributed by atoms with Crippen molar-refractivity contribution in [3.8, 4) is 0 Å². The zero-order valence-electron chi connectivity index (χ0n) is 14.0. The molecule has 4 rings (SSSR count). The van der Waals surface area contributed by atoms with Gasteiger partial charge >= 0.3 is 0 Å². The Hall–Kier alpha value is -1.09. The minimum absolute atomic E-state index is 0.282. The number of hydrogen-bond acceptors (Lipinski definition) is 7. The van der Waals surface area contributed by atoms with E-state index < -0.39 is 11.2 Å². The maximum atomic E-state index is 10.5. The summed E-state index contributed by atoms with van der Waals surface area (Å²) in [6.45, 7) is 5.74. The third kappa shape index (κ3) is 2.85. The molecule has 1 atom stereocenters. The van der Waals surface area contributed by atoms with E-state index in [9.17, 15) is 9.66 Å². The molecule has 0 bridgehead atoms. The van der Waals surface area contributed by atoms with Crippen LogP contribution in [0.25, 0.3) is 0 Å². The lowest BCUT2D eigenvalue weighted by molar-refractivity contribution is 0.0844. The number of β-amino-alcohol motifs (C(OH)–C–C–N with tert-alkyl or cyclic N) is 1. The van der Waals surface area contributed by atoms with Crippen molar-refractivity contribution in [2.45, 2.75) is 43.2 Å². The van der Waals surface area contributed by atoms with Gasteiger partial charge in [-0.2, -0.15) is 9.54 Å². The summed E-state index contributed by atoms with van der Waals surface area (Å²) in [6, 6.07) is 0.398. The topological polar surface area (TPSA) is 82.0 Å².